The molecule has 0 bridgehead atoms. The van der Waals surface area contributed by atoms with Crippen LogP contribution in [0.4, 0.5) is 0 Å². The summed E-state index contributed by atoms with van der Waals surface area (Å²) in [4.78, 5) is 15.0. The Morgan fingerprint density at radius 2 is 2.14 bits per heavy atom. The minimum Gasteiger partial charge on any atom is -0.354 e. The maximum atomic E-state index is 12.5. The second-order valence-electron chi connectivity index (χ2n) is 7.64. The lowest BCUT2D eigenvalue weighted by Crippen LogP contribution is -2.54. The summed E-state index contributed by atoms with van der Waals surface area (Å²) in [6.07, 6.45) is 6.80. The van der Waals surface area contributed by atoms with Crippen molar-refractivity contribution in [3.05, 3.63) is 0 Å². The molecule has 4 unspecified atom stereocenters. The number of hydrogen-bond donors (Lipinski definition) is 2. The molecule has 1 saturated heterocycles. The van der Waals surface area contributed by atoms with Gasteiger partial charge in [-0.3, -0.25) is 9.69 Å². The molecule has 0 aromatic carbocycles. The maximum absolute atomic E-state index is 12.5. The predicted octanol–water partition coefficient (Wildman–Crippen LogP) is 2.13. The van der Waals surface area contributed by atoms with E-state index >= 15 is 0 Å². The molecule has 0 radical (unpaired) electrons. The highest BCUT2D eigenvalue weighted by Gasteiger charge is 2.37. The average molecular weight is 295 g/mol. The predicted molar refractivity (Wildman–Crippen MR) is 87.0 cm³/mol. The summed E-state index contributed by atoms with van der Waals surface area (Å²) in [5.41, 5.74) is 5.99. The Morgan fingerprint density at radius 1 is 1.38 bits per heavy atom. The molecule has 2 rings (SSSR count). The molecule has 4 atom stereocenters. The van der Waals surface area contributed by atoms with Crippen LogP contribution in [0.5, 0.6) is 0 Å². The average Bonchev–Trinajstić information content (AvgIpc) is 2.44. The van der Waals surface area contributed by atoms with Crippen molar-refractivity contribution in [3.8, 4) is 0 Å². The third-order valence-electron chi connectivity index (χ3n) is 5.45. The van der Waals surface area contributed by atoms with Gasteiger partial charge in [-0.25, -0.2) is 0 Å². The summed E-state index contributed by atoms with van der Waals surface area (Å²) in [7, 11) is 0. The Bertz CT molecular complexity index is 356. The van der Waals surface area contributed by atoms with Crippen LogP contribution in [-0.2, 0) is 4.79 Å². The quantitative estimate of drug-likeness (QED) is 0.835. The van der Waals surface area contributed by atoms with Crippen LogP contribution in [0, 0.1) is 11.8 Å². The highest BCUT2D eigenvalue weighted by Crippen LogP contribution is 2.31. The maximum Gasteiger partial charge on any atom is 0.225 e. The molecule has 1 saturated carbocycles. The van der Waals surface area contributed by atoms with Gasteiger partial charge in [-0.1, -0.05) is 19.8 Å². The van der Waals surface area contributed by atoms with Gasteiger partial charge in [0.05, 0.1) is 5.92 Å². The van der Waals surface area contributed by atoms with Crippen molar-refractivity contribution >= 4 is 5.91 Å². The monoisotopic (exact) mass is 295 g/mol. The molecule has 3 N–H and O–H groups in total. The molecule has 122 valence electrons. The van der Waals surface area contributed by atoms with Crippen molar-refractivity contribution in [2.24, 2.45) is 17.6 Å². The van der Waals surface area contributed by atoms with E-state index in [0.717, 1.165) is 44.7 Å². The fourth-order valence-corrected chi connectivity index (χ4v) is 3.92. The highest BCUT2D eigenvalue weighted by molar-refractivity contribution is 5.80. The summed E-state index contributed by atoms with van der Waals surface area (Å²) < 4.78 is 0. The Morgan fingerprint density at radius 3 is 2.81 bits per heavy atom. The van der Waals surface area contributed by atoms with Crippen LogP contribution in [0.3, 0.4) is 0 Å². The van der Waals surface area contributed by atoms with Gasteiger partial charge >= 0.3 is 0 Å². The lowest BCUT2D eigenvalue weighted by Gasteiger charge is -2.38. The van der Waals surface area contributed by atoms with Gasteiger partial charge in [0.15, 0.2) is 0 Å². The fraction of sp³-hybridized carbons (Fsp3) is 0.941. The van der Waals surface area contributed by atoms with Gasteiger partial charge in [-0.05, 0) is 52.0 Å². The molecule has 1 aliphatic carbocycles. The van der Waals surface area contributed by atoms with Gasteiger partial charge in [-0.2, -0.15) is 0 Å². The molecule has 0 spiro atoms. The second-order valence-corrected chi connectivity index (χ2v) is 7.64. The first-order valence-electron chi connectivity index (χ1n) is 8.71. The molecule has 0 aromatic heterocycles. The number of carbonyl (C=O) groups is 1. The Hall–Kier alpha value is -0.610. The van der Waals surface area contributed by atoms with E-state index in [-0.39, 0.29) is 17.4 Å². The van der Waals surface area contributed by atoms with E-state index < -0.39 is 0 Å². The minimum atomic E-state index is -0.328. The van der Waals surface area contributed by atoms with Crippen molar-refractivity contribution in [2.75, 3.05) is 19.6 Å². The molecule has 2 fully saturated rings. The zero-order valence-electron chi connectivity index (χ0n) is 14.0. The number of likely N-dealkylation sites (tertiary alicyclic amines) is 1. The number of amides is 1. The first kappa shape index (κ1) is 16.8. The summed E-state index contributed by atoms with van der Waals surface area (Å²) in [5, 5.41) is 3.16. The largest absolute Gasteiger partial charge is 0.354 e. The van der Waals surface area contributed by atoms with Gasteiger partial charge in [0.25, 0.3) is 0 Å². The van der Waals surface area contributed by atoms with Crippen LogP contribution < -0.4 is 11.1 Å². The summed E-state index contributed by atoms with van der Waals surface area (Å²) in [6.45, 7) is 9.65. The topological polar surface area (TPSA) is 58.4 Å². The lowest BCUT2D eigenvalue weighted by molar-refractivity contribution is -0.128. The van der Waals surface area contributed by atoms with Gasteiger partial charge in [0.2, 0.25) is 5.91 Å². The van der Waals surface area contributed by atoms with E-state index in [1.54, 1.807) is 0 Å². The molecular formula is C17H33N3O. The Kier molecular flexibility index (Phi) is 5.67. The van der Waals surface area contributed by atoms with E-state index in [0.29, 0.717) is 6.04 Å². The summed E-state index contributed by atoms with van der Waals surface area (Å²) in [5.74, 6) is 0.929. The third-order valence-corrected chi connectivity index (χ3v) is 5.45. The summed E-state index contributed by atoms with van der Waals surface area (Å²) in [6, 6.07) is 0.421. The molecule has 4 nitrogen and oxygen atoms in total. The number of nitrogens with zero attached hydrogens (tertiary/aromatic N) is 1. The van der Waals surface area contributed by atoms with Gasteiger partial charge in [0, 0.05) is 24.7 Å². The van der Waals surface area contributed by atoms with Crippen LogP contribution in [0.25, 0.3) is 0 Å². The fourth-order valence-electron chi connectivity index (χ4n) is 3.92. The van der Waals surface area contributed by atoms with Crippen molar-refractivity contribution in [1.29, 1.82) is 0 Å². The number of hydrogen-bond acceptors (Lipinski definition) is 3. The van der Waals surface area contributed by atoms with E-state index in [1.165, 1.54) is 19.4 Å². The van der Waals surface area contributed by atoms with E-state index in [1.807, 2.05) is 6.92 Å². The number of rotatable bonds is 4. The normalized spacial score (nSPS) is 36.2. The van der Waals surface area contributed by atoms with Crippen molar-refractivity contribution in [2.45, 2.75) is 70.9 Å². The van der Waals surface area contributed by atoms with Crippen molar-refractivity contribution in [3.63, 3.8) is 0 Å². The Balaban J connectivity index is 1.80. The van der Waals surface area contributed by atoms with Gasteiger partial charge in [0.1, 0.15) is 0 Å². The number of carbonyl (C=O) groups excluding carboxylic acids is 1. The van der Waals surface area contributed by atoms with E-state index in [4.69, 9.17) is 5.73 Å². The first-order valence-corrected chi connectivity index (χ1v) is 8.71. The first-order chi connectivity index (χ1) is 9.90. The van der Waals surface area contributed by atoms with Gasteiger partial charge < -0.3 is 11.1 Å². The zero-order chi connectivity index (χ0) is 15.5. The second kappa shape index (κ2) is 7.10. The van der Waals surface area contributed by atoms with Crippen molar-refractivity contribution < 1.29 is 4.79 Å². The van der Waals surface area contributed by atoms with Crippen LogP contribution in [0.2, 0.25) is 0 Å². The molecule has 1 amide bonds. The molecule has 0 aromatic rings. The van der Waals surface area contributed by atoms with Crippen LogP contribution in [0.1, 0.15) is 59.3 Å². The van der Waals surface area contributed by atoms with Crippen molar-refractivity contribution in [1.82, 2.24) is 10.2 Å². The van der Waals surface area contributed by atoms with E-state index in [2.05, 4.69) is 24.1 Å². The van der Waals surface area contributed by atoms with Crippen LogP contribution >= 0.6 is 0 Å². The molecule has 21 heavy (non-hydrogen) atoms. The lowest BCUT2D eigenvalue weighted by atomic mass is 9.74. The standard InChI is InChI=1S/C17H33N3O/c1-13-7-6-10-20(12-13)14(2)11-19-16(21)15-8-4-5-9-17(15,3)18/h13-15H,4-12,18H2,1-3H3,(H,19,21). The number of nitrogens with two attached hydrogens (primary N) is 1. The highest BCUT2D eigenvalue weighted by atomic mass is 16.1. The summed E-state index contributed by atoms with van der Waals surface area (Å²) >= 11 is 0. The molecule has 1 aliphatic heterocycles. The number of piperidine rings is 1. The Labute approximate surface area is 129 Å². The zero-order valence-corrected chi connectivity index (χ0v) is 14.0. The van der Waals surface area contributed by atoms with E-state index in [9.17, 15) is 4.79 Å². The minimum absolute atomic E-state index is 0.0151. The van der Waals surface area contributed by atoms with Gasteiger partial charge in [-0.15, -0.1) is 0 Å². The molecular weight excluding hydrogens is 262 g/mol. The van der Waals surface area contributed by atoms with Crippen LogP contribution in [0.15, 0.2) is 0 Å². The van der Waals surface area contributed by atoms with Crippen LogP contribution in [-0.4, -0.2) is 42.0 Å². The number of nitrogens with one attached hydrogen (secondary N) is 1. The molecule has 4 heteroatoms. The molecule has 1 heterocycles. The smallest absolute Gasteiger partial charge is 0.225 e. The SMILES string of the molecule is CC1CCCN(C(C)CNC(=O)C2CCCCC2(C)N)C1. The third kappa shape index (κ3) is 4.43. The molecule has 2 aliphatic rings.